The van der Waals surface area contributed by atoms with Gasteiger partial charge in [0.1, 0.15) is 5.82 Å². The Morgan fingerprint density at radius 2 is 1.83 bits per heavy atom. The van der Waals surface area contributed by atoms with E-state index in [2.05, 4.69) is 20.3 Å². The minimum Gasteiger partial charge on any atom is -0.370 e. The second-order valence-electron chi connectivity index (χ2n) is 6.98. The molecule has 0 bridgehead atoms. The minimum absolute atomic E-state index is 0.323. The van der Waals surface area contributed by atoms with Crippen LogP contribution < -0.4 is 10.2 Å². The quantitative estimate of drug-likeness (QED) is 0.663. The molecule has 1 aliphatic rings. The lowest BCUT2D eigenvalue weighted by molar-refractivity contribution is 0.382. The average molecular weight is 433 g/mol. The number of anilines is 2. The first-order valence-electron chi connectivity index (χ1n) is 9.58. The van der Waals surface area contributed by atoms with Crippen LogP contribution in [0.1, 0.15) is 17.6 Å². The number of aryl methyl sites for hydroxylation is 2. The fourth-order valence-corrected chi connectivity index (χ4v) is 5.81. The molecule has 0 aliphatic carbocycles. The summed E-state index contributed by atoms with van der Waals surface area (Å²) in [5, 5.41) is 4.14. The smallest absolute Gasteiger partial charge is 0.243 e. The topological polar surface area (TPSA) is 91.3 Å². The molecule has 3 aromatic rings. The van der Waals surface area contributed by atoms with E-state index in [9.17, 15) is 8.42 Å². The van der Waals surface area contributed by atoms with Crippen molar-refractivity contribution in [3.8, 4) is 0 Å². The van der Waals surface area contributed by atoms with Gasteiger partial charge in [-0.25, -0.2) is 18.4 Å². The first-order valence-corrected chi connectivity index (χ1v) is 11.8. The van der Waals surface area contributed by atoms with Crippen LogP contribution in [0.3, 0.4) is 0 Å². The fraction of sp³-hybridized carbons (Fsp3) is 0.421. The summed E-state index contributed by atoms with van der Waals surface area (Å²) in [5.41, 5.74) is 1.72. The lowest BCUT2D eigenvalue weighted by Gasteiger charge is -2.34. The molecule has 0 atom stereocenters. The number of nitrogens with zero attached hydrogens (tertiary/aromatic N) is 5. The summed E-state index contributed by atoms with van der Waals surface area (Å²) in [6.07, 6.45) is 0. The normalized spacial score (nSPS) is 15.8. The Hall–Kier alpha value is -2.30. The average Bonchev–Trinajstić information content (AvgIpc) is 3.07. The maximum atomic E-state index is 13.1. The third-order valence-corrected chi connectivity index (χ3v) is 7.65. The Bertz CT molecular complexity index is 1140. The highest BCUT2D eigenvalue weighted by Crippen LogP contribution is 2.27. The Kier molecular flexibility index (Phi) is 5.41. The number of fused-ring (bicyclic) bond motifs is 1. The summed E-state index contributed by atoms with van der Waals surface area (Å²) in [6.45, 7) is 8.56. The van der Waals surface area contributed by atoms with Crippen molar-refractivity contribution < 1.29 is 8.42 Å². The molecule has 0 spiro atoms. The predicted molar refractivity (Wildman–Crippen MR) is 116 cm³/mol. The van der Waals surface area contributed by atoms with E-state index < -0.39 is 10.0 Å². The van der Waals surface area contributed by atoms with Crippen LogP contribution in [0.25, 0.3) is 10.2 Å². The van der Waals surface area contributed by atoms with Gasteiger partial charge in [-0.1, -0.05) is 0 Å². The third kappa shape index (κ3) is 4.05. The van der Waals surface area contributed by atoms with Gasteiger partial charge in [-0.2, -0.15) is 9.29 Å². The van der Waals surface area contributed by atoms with Gasteiger partial charge in [-0.3, -0.25) is 0 Å². The molecule has 29 heavy (non-hydrogen) atoms. The predicted octanol–water partition coefficient (Wildman–Crippen LogP) is 2.65. The third-order valence-electron chi connectivity index (χ3n) is 4.83. The second-order valence-corrected chi connectivity index (χ2v) is 10.2. The van der Waals surface area contributed by atoms with E-state index in [1.807, 2.05) is 31.7 Å². The summed E-state index contributed by atoms with van der Waals surface area (Å²) in [7, 11) is -3.54. The summed E-state index contributed by atoms with van der Waals surface area (Å²) in [5.74, 6) is 1.43. The van der Waals surface area contributed by atoms with Crippen LogP contribution in [-0.4, -0.2) is 60.4 Å². The largest absolute Gasteiger partial charge is 0.370 e. The molecule has 2 aromatic heterocycles. The summed E-state index contributed by atoms with van der Waals surface area (Å²) in [6, 6.07) is 7.07. The number of thiazole rings is 1. The highest BCUT2D eigenvalue weighted by molar-refractivity contribution is 7.89. The Labute approximate surface area is 174 Å². The van der Waals surface area contributed by atoms with Crippen molar-refractivity contribution in [1.29, 1.82) is 0 Å². The second kappa shape index (κ2) is 7.85. The van der Waals surface area contributed by atoms with Crippen LogP contribution in [0.5, 0.6) is 0 Å². The van der Waals surface area contributed by atoms with Crippen molar-refractivity contribution in [3.63, 3.8) is 0 Å². The molecule has 1 aromatic carbocycles. The van der Waals surface area contributed by atoms with E-state index in [1.165, 1.54) is 11.3 Å². The number of hydrogen-bond donors (Lipinski definition) is 1. The summed E-state index contributed by atoms with van der Waals surface area (Å²) >= 11 is 1.51. The molecule has 1 aliphatic heterocycles. The van der Waals surface area contributed by atoms with E-state index in [0.29, 0.717) is 37.0 Å². The molecular weight excluding hydrogens is 408 g/mol. The first-order chi connectivity index (χ1) is 13.9. The van der Waals surface area contributed by atoms with E-state index in [4.69, 9.17) is 0 Å². The van der Waals surface area contributed by atoms with Gasteiger partial charge in [0.15, 0.2) is 0 Å². The molecule has 1 saturated heterocycles. The zero-order valence-corrected chi connectivity index (χ0v) is 18.3. The summed E-state index contributed by atoms with van der Waals surface area (Å²) in [4.78, 5) is 15.8. The molecule has 3 heterocycles. The van der Waals surface area contributed by atoms with Gasteiger partial charge in [0.05, 0.1) is 20.1 Å². The molecule has 154 valence electrons. The van der Waals surface area contributed by atoms with Gasteiger partial charge in [-0.05, 0) is 39.0 Å². The molecule has 0 unspecified atom stereocenters. The van der Waals surface area contributed by atoms with Crippen molar-refractivity contribution >= 4 is 43.3 Å². The highest BCUT2D eigenvalue weighted by atomic mass is 32.2. The van der Waals surface area contributed by atoms with Gasteiger partial charge in [-0.15, -0.1) is 11.3 Å². The standard InChI is InChI=1S/C19H24N6O2S2/c1-4-20-18-11-13(2)21-19(23-18)24-7-9-25(10-8-24)29(26,27)15-5-6-16-17(12-15)28-14(3)22-16/h5-6,11-12H,4,7-10H2,1-3H3,(H,20,21,23). The van der Waals surface area contributed by atoms with E-state index in [-0.39, 0.29) is 0 Å². The Balaban J connectivity index is 1.51. The van der Waals surface area contributed by atoms with Gasteiger partial charge in [0.25, 0.3) is 0 Å². The Morgan fingerprint density at radius 1 is 1.07 bits per heavy atom. The van der Waals surface area contributed by atoms with Crippen molar-refractivity contribution in [2.24, 2.45) is 0 Å². The van der Waals surface area contributed by atoms with Crippen LogP contribution >= 0.6 is 11.3 Å². The summed E-state index contributed by atoms with van der Waals surface area (Å²) < 4.78 is 28.7. The molecular formula is C19H24N6O2S2. The molecule has 10 heteroatoms. The number of piperazine rings is 1. The maximum absolute atomic E-state index is 13.1. The van der Waals surface area contributed by atoms with Crippen LogP contribution in [-0.2, 0) is 10.0 Å². The van der Waals surface area contributed by atoms with Crippen molar-refractivity contribution in [2.75, 3.05) is 42.9 Å². The van der Waals surface area contributed by atoms with Crippen LogP contribution in [0.2, 0.25) is 0 Å². The molecule has 0 amide bonds. The minimum atomic E-state index is -3.54. The van der Waals surface area contributed by atoms with Crippen molar-refractivity contribution in [2.45, 2.75) is 25.7 Å². The highest BCUT2D eigenvalue weighted by Gasteiger charge is 2.29. The van der Waals surface area contributed by atoms with Gasteiger partial charge in [0, 0.05) is 44.5 Å². The number of nitrogens with one attached hydrogen (secondary N) is 1. The number of benzene rings is 1. The number of rotatable bonds is 5. The molecule has 0 saturated carbocycles. The molecule has 0 radical (unpaired) electrons. The molecule has 1 fully saturated rings. The van der Waals surface area contributed by atoms with Gasteiger partial charge in [0.2, 0.25) is 16.0 Å². The van der Waals surface area contributed by atoms with Crippen LogP contribution in [0.4, 0.5) is 11.8 Å². The zero-order chi connectivity index (χ0) is 20.6. The number of hydrogen-bond acceptors (Lipinski definition) is 8. The molecule has 8 nitrogen and oxygen atoms in total. The number of sulfonamides is 1. The molecule has 1 N–H and O–H groups in total. The van der Waals surface area contributed by atoms with Crippen LogP contribution in [0.15, 0.2) is 29.2 Å². The van der Waals surface area contributed by atoms with E-state index in [1.54, 1.807) is 22.5 Å². The van der Waals surface area contributed by atoms with E-state index in [0.717, 1.165) is 33.3 Å². The monoisotopic (exact) mass is 432 g/mol. The zero-order valence-electron chi connectivity index (χ0n) is 16.7. The van der Waals surface area contributed by atoms with Gasteiger partial charge >= 0.3 is 0 Å². The number of aromatic nitrogens is 3. The first kappa shape index (κ1) is 20.0. The van der Waals surface area contributed by atoms with Crippen molar-refractivity contribution in [3.05, 3.63) is 35.0 Å². The lowest BCUT2D eigenvalue weighted by Crippen LogP contribution is -2.49. The maximum Gasteiger partial charge on any atom is 0.243 e. The lowest BCUT2D eigenvalue weighted by atomic mass is 10.3. The fourth-order valence-electron chi connectivity index (χ4n) is 3.42. The SMILES string of the molecule is CCNc1cc(C)nc(N2CCN(S(=O)(=O)c3ccc4nc(C)sc4c3)CC2)n1. The van der Waals surface area contributed by atoms with Crippen molar-refractivity contribution in [1.82, 2.24) is 19.3 Å². The van der Waals surface area contributed by atoms with E-state index >= 15 is 0 Å². The Morgan fingerprint density at radius 3 is 2.55 bits per heavy atom. The van der Waals surface area contributed by atoms with Crippen LogP contribution in [0, 0.1) is 13.8 Å². The van der Waals surface area contributed by atoms with Gasteiger partial charge < -0.3 is 10.2 Å². The molecule has 4 rings (SSSR count).